The molecule has 6 nitrogen and oxygen atoms in total. The highest BCUT2D eigenvalue weighted by atomic mass is 16.5. The molecule has 1 fully saturated rings. The average molecular weight is 369 g/mol. The van der Waals surface area contributed by atoms with Crippen LogP contribution in [0.15, 0.2) is 42.5 Å². The number of carboxylic acids is 1. The third-order valence-corrected chi connectivity index (χ3v) is 4.60. The number of hydrogen-bond donors (Lipinski definition) is 1. The van der Waals surface area contributed by atoms with Gasteiger partial charge in [0.05, 0.1) is 24.9 Å². The van der Waals surface area contributed by atoms with E-state index in [9.17, 15) is 9.59 Å². The highest BCUT2D eigenvalue weighted by Gasteiger charge is 2.26. The summed E-state index contributed by atoms with van der Waals surface area (Å²) in [4.78, 5) is 25.7. The maximum atomic E-state index is 12.8. The highest BCUT2D eigenvalue weighted by molar-refractivity contribution is 5.95. The molecule has 1 aliphatic heterocycles. The average Bonchev–Trinajstić information content (AvgIpc) is 2.66. The Labute approximate surface area is 158 Å². The molecule has 0 saturated carbocycles. The van der Waals surface area contributed by atoms with E-state index in [1.165, 1.54) is 19.2 Å². The molecular formula is C21H23NO5. The first-order valence-corrected chi connectivity index (χ1v) is 8.85. The van der Waals surface area contributed by atoms with Gasteiger partial charge in [-0.15, -0.1) is 0 Å². The Morgan fingerprint density at radius 3 is 2.19 bits per heavy atom. The van der Waals surface area contributed by atoms with E-state index >= 15 is 0 Å². The van der Waals surface area contributed by atoms with Gasteiger partial charge in [-0.25, -0.2) is 4.79 Å². The first-order valence-electron chi connectivity index (χ1n) is 8.85. The number of benzene rings is 2. The Morgan fingerprint density at radius 1 is 1.04 bits per heavy atom. The molecule has 2 aromatic rings. The van der Waals surface area contributed by atoms with Gasteiger partial charge in [0, 0.05) is 24.2 Å². The summed E-state index contributed by atoms with van der Waals surface area (Å²) in [5.41, 5.74) is 2.40. The number of methoxy groups -OCH3 is 1. The van der Waals surface area contributed by atoms with Crippen LogP contribution in [0.2, 0.25) is 0 Å². The van der Waals surface area contributed by atoms with Crippen LogP contribution >= 0.6 is 0 Å². The number of amides is 1. The fourth-order valence-corrected chi connectivity index (χ4v) is 3.38. The van der Waals surface area contributed by atoms with Crippen LogP contribution in [0.5, 0.6) is 5.75 Å². The third-order valence-electron chi connectivity index (χ3n) is 4.60. The van der Waals surface area contributed by atoms with E-state index < -0.39 is 5.97 Å². The van der Waals surface area contributed by atoms with E-state index in [0.717, 1.165) is 11.1 Å². The van der Waals surface area contributed by atoms with Crippen LogP contribution < -0.4 is 4.74 Å². The zero-order valence-electron chi connectivity index (χ0n) is 15.6. The zero-order chi connectivity index (χ0) is 19.6. The molecule has 0 aromatic heterocycles. The molecule has 0 spiro atoms. The van der Waals surface area contributed by atoms with Crippen molar-refractivity contribution in [3.8, 4) is 16.9 Å². The molecule has 2 atom stereocenters. The Morgan fingerprint density at radius 2 is 1.63 bits per heavy atom. The summed E-state index contributed by atoms with van der Waals surface area (Å²) in [6.45, 7) is 5.09. The number of carbonyl (C=O) groups is 2. The van der Waals surface area contributed by atoms with E-state index in [0.29, 0.717) is 24.4 Å². The summed E-state index contributed by atoms with van der Waals surface area (Å²) < 4.78 is 11.0. The molecule has 1 amide bonds. The molecule has 27 heavy (non-hydrogen) atoms. The van der Waals surface area contributed by atoms with Crippen LogP contribution in [-0.2, 0) is 4.74 Å². The van der Waals surface area contributed by atoms with Gasteiger partial charge < -0.3 is 19.5 Å². The molecule has 0 aliphatic carbocycles. The van der Waals surface area contributed by atoms with Gasteiger partial charge in [0.15, 0.2) is 0 Å². The summed E-state index contributed by atoms with van der Waals surface area (Å²) in [7, 11) is 1.50. The molecule has 142 valence electrons. The van der Waals surface area contributed by atoms with Gasteiger partial charge in [0.25, 0.3) is 5.91 Å². The van der Waals surface area contributed by atoms with Crippen molar-refractivity contribution in [1.29, 1.82) is 0 Å². The van der Waals surface area contributed by atoms with Gasteiger partial charge in [-0.1, -0.05) is 12.1 Å². The molecule has 2 aromatic carbocycles. The minimum absolute atomic E-state index is 0.0169. The SMILES string of the molecule is COc1cc(C(=O)O)ccc1-c1ccc(C(=O)N2C[C@@H](C)O[C@@H](C)C2)cc1. The van der Waals surface area contributed by atoms with Gasteiger partial charge >= 0.3 is 5.97 Å². The molecule has 0 unspecified atom stereocenters. The maximum Gasteiger partial charge on any atom is 0.335 e. The fraction of sp³-hybridized carbons (Fsp3) is 0.333. The third kappa shape index (κ3) is 4.11. The van der Waals surface area contributed by atoms with E-state index in [2.05, 4.69) is 0 Å². The van der Waals surface area contributed by atoms with E-state index in [1.807, 2.05) is 30.9 Å². The molecular weight excluding hydrogens is 346 g/mol. The molecule has 1 saturated heterocycles. The van der Waals surface area contributed by atoms with Crippen LogP contribution in [0.3, 0.4) is 0 Å². The number of morpholine rings is 1. The molecule has 1 aliphatic rings. The second kappa shape index (κ2) is 7.80. The van der Waals surface area contributed by atoms with Gasteiger partial charge in [-0.2, -0.15) is 0 Å². The van der Waals surface area contributed by atoms with Crippen molar-refractivity contribution in [3.05, 3.63) is 53.6 Å². The van der Waals surface area contributed by atoms with Crippen molar-refractivity contribution in [2.45, 2.75) is 26.1 Å². The number of carbonyl (C=O) groups excluding carboxylic acids is 1. The minimum Gasteiger partial charge on any atom is -0.496 e. The first kappa shape index (κ1) is 18.9. The van der Waals surface area contributed by atoms with Gasteiger partial charge in [0.1, 0.15) is 5.75 Å². The van der Waals surface area contributed by atoms with Crippen molar-refractivity contribution in [1.82, 2.24) is 4.90 Å². The number of hydrogen-bond acceptors (Lipinski definition) is 4. The predicted molar refractivity (Wildman–Crippen MR) is 101 cm³/mol. The fourth-order valence-electron chi connectivity index (χ4n) is 3.38. The molecule has 6 heteroatoms. The van der Waals surface area contributed by atoms with Crippen molar-refractivity contribution < 1.29 is 24.2 Å². The quantitative estimate of drug-likeness (QED) is 0.895. The van der Waals surface area contributed by atoms with Crippen molar-refractivity contribution in [2.75, 3.05) is 20.2 Å². The molecule has 0 bridgehead atoms. The second-order valence-corrected chi connectivity index (χ2v) is 6.77. The lowest BCUT2D eigenvalue weighted by molar-refractivity contribution is -0.0586. The normalized spacial score (nSPS) is 19.6. The minimum atomic E-state index is -1.00. The summed E-state index contributed by atoms with van der Waals surface area (Å²) >= 11 is 0. The number of aromatic carboxylic acids is 1. The first-order chi connectivity index (χ1) is 12.9. The summed E-state index contributed by atoms with van der Waals surface area (Å²) in [5.74, 6) is -0.545. The van der Waals surface area contributed by atoms with E-state index in [1.54, 1.807) is 18.2 Å². The second-order valence-electron chi connectivity index (χ2n) is 6.77. The predicted octanol–water partition coefficient (Wildman–Crippen LogP) is 3.31. The van der Waals surface area contributed by atoms with E-state index in [-0.39, 0.29) is 23.7 Å². The van der Waals surface area contributed by atoms with Crippen LogP contribution in [0.25, 0.3) is 11.1 Å². The molecule has 3 rings (SSSR count). The van der Waals surface area contributed by atoms with Gasteiger partial charge in [-0.05, 0) is 49.7 Å². The van der Waals surface area contributed by atoms with Crippen LogP contribution in [0.1, 0.15) is 34.6 Å². The lowest BCUT2D eigenvalue weighted by atomic mass is 10.0. The van der Waals surface area contributed by atoms with Crippen LogP contribution in [0, 0.1) is 0 Å². The molecule has 1 heterocycles. The lowest BCUT2D eigenvalue weighted by Gasteiger charge is -2.35. The van der Waals surface area contributed by atoms with Crippen LogP contribution in [-0.4, -0.2) is 54.3 Å². The molecule has 1 N–H and O–H groups in total. The number of rotatable bonds is 4. The smallest absolute Gasteiger partial charge is 0.335 e. The Bertz CT molecular complexity index is 836. The van der Waals surface area contributed by atoms with Gasteiger partial charge in [0.2, 0.25) is 0 Å². The maximum absolute atomic E-state index is 12.8. The Kier molecular flexibility index (Phi) is 5.46. The van der Waals surface area contributed by atoms with Crippen molar-refractivity contribution >= 4 is 11.9 Å². The number of ether oxygens (including phenoxy) is 2. The summed E-state index contributed by atoms with van der Waals surface area (Å²) in [6.07, 6.45) is 0.0444. The monoisotopic (exact) mass is 369 g/mol. The van der Waals surface area contributed by atoms with Crippen LogP contribution in [0.4, 0.5) is 0 Å². The number of nitrogens with zero attached hydrogens (tertiary/aromatic N) is 1. The van der Waals surface area contributed by atoms with Crippen molar-refractivity contribution in [2.24, 2.45) is 0 Å². The van der Waals surface area contributed by atoms with Crippen molar-refractivity contribution in [3.63, 3.8) is 0 Å². The largest absolute Gasteiger partial charge is 0.496 e. The summed E-state index contributed by atoms with van der Waals surface area (Å²) in [5, 5.41) is 9.12. The Balaban J connectivity index is 1.83. The Hall–Kier alpha value is -2.86. The zero-order valence-corrected chi connectivity index (χ0v) is 15.6. The molecule has 0 radical (unpaired) electrons. The highest BCUT2D eigenvalue weighted by Crippen LogP contribution is 2.31. The summed E-state index contributed by atoms with van der Waals surface area (Å²) in [6, 6.07) is 12.0. The van der Waals surface area contributed by atoms with E-state index in [4.69, 9.17) is 14.6 Å². The topological polar surface area (TPSA) is 76.1 Å². The van der Waals surface area contributed by atoms with Gasteiger partial charge in [-0.3, -0.25) is 4.79 Å². The standard InChI is InChI=1S/C21H23NO5/c1-13-11-22(12-14(2)27-13)20(23)16-6-4-15(5-7-16)18-9-8-17(21(24)25)10-19(18)26-3/h4-10,13-14H,11-12H2,1-3H3,(H,24,25)/t13-,14+. The number of carboxylic acid groups (broad SMARTS) is 1. The lowest BCUT2D eigenvalue weighted by Crippen LogP contribution is -2.48.